The third-order valence-electron chi connectivity index (χ3n) is 2.80. The molecule has 0 heterocycles. The molecule has 0 saturated heterocycles. The van der Waals surface area contributed by atoms with E-state index in [2.05, 4.69) is 18.7 Å². The Bertz CT molecular complexity index is 362. The second kappa shape index (κ2) is 8.27. The van der Waals surface area contributed by atoms with Crippen molar-refractivity contribution in [3.05, 3.63) is 33.8 Å². The number of hydrogen-bond donors (Lipinski definition) is 0. The number of halogens is 3. The third-order valence-corrected chi connectivity index (χ3v) is 3.93. The van der Waals surface area contributed by atoms with E-state index in [1.807, 2.05) is 12.1 Å². The van der Waals surface area contributed by atoms with Crippen LogP contribution in [0.15, 0.2) is 18.2 Å². The van der Waals surface area contributed by atoms with Crippen LogP contribution in [0.3, 0.4) is 0 Å². The molecular weight excluding hydrogens is 289 g/mol. The summed E-state index contributed by atoms with van der Waals surface area (Å²) in [6.07, 6.45) is 2.29. The molecule has 0 spiro atoms. The molecule has 1 nitrogen and oxygen atoms in total. The van der Waals surface area contributed by atoms with Gasteiger partial charge in [-0.05, 0) is 43.6 Å². The number of nitrogens with zero attached hydrogens (tertiary/aromatic N) is 1. The van der Waals surface area contributed by atoms with Gasteiger partial charge in [-0.15, -0.1) is 11.6 Å². The maximum Gasteiger partial charge on any atom is 0.0712 e. The van der Waals surface area contributed by atoms with Gasteiger partial charge in [0.05, 0.1) is 15.4 Å². The molecule has 0 radical (unpaired) electrons. The van der Waals surface area contributed by atoms with Gasteiger partial charge in [-0.1, -0.05) is 43.1 Å². The lowest BCUT2D eigenvalue weighted by Gasteiger charge is -2.24. The van der Waals surface area contributed by atoms with Crippen molar-refractivity contribution in [2.75, 3.05) is 19.6 Å². The van der Waals surface area contributed by atoms with E-state index in [1.54, 1.807) is 6.07 Å². The average Bonchev–Trinajstić information content (AvgIpc) is 2.33. The van der Waals surface area contributed by atoms with Gasteiger partial charge in [0.1, 0.15) is 0 Å². The number of benzene rings is 1. The fourth-order valence-corrected chi connectivity index (χ4v) is 2.60. The summed E-state index contributed by atoms with van der Waals surface area (Å²) in [5.41, 5.74) is 1.03. The molecule has 0 aliphatic rings. The SMILES string of the molecule is CCCN(CCC)CC(Cl)c1ccc(Cl)c(Cl)c1. The van der Waals surface area contributed by atoms with Gasteiger partial charge in [0.2, 0.25) is 0 Å². The lowest BCUT2D eigenvalue weighted by Crippen LogP contribution is -2.28. The first-order valence-electron chi connectivity index (χ1n) is 6.39. The van der Waals surface area contributed by atoms with Crippen molar-refractivity contribution in [3.8, 4) is 0 Å². The normalized spacial score (nSPS) is 13.0. The number of alkyl halides is 1. The average molecular weight is 309 g/mol. The summed E-state index contributed by atoms with van der Waals surface area (Å²) in [5.74, 6) is 0. The molecule has 0 bridgehead atoms. The lowest BCUT2D eigenvalue weighted by molar-refractivity contribution is 0.275. The third kappa shape index (κ3) is 4.97. The van der Waals surface area contributed by atoms with Gasteiger partial charge in [-0.3, -0.25) is 0 Å². The van der Waals surface area contributed by atoms with E-state index in [0.717, 1.165) is 38.0 Å². The van der Waals surface area contributed by atoms with Gasteiger partial charge >= 0.3 is 0 Å². The highest BCUT2D eigenvalue weighted by atomic mass is 35.5. The summed E-state index contributed by atoms with van der Waals surface area (Å²) in [5, 5.41) is 1.10. The van der Waals surface area contributed by atoms with Crippen LogP contribution in [0.25, 0.3) is 0 Å². The smallest absolute Gasteiger partial charge is 0.0712 e. The zero-order valence-electron chi connectivity index (χ0n) is 10.9. The predicted molar refractivity (Wildman–Crippen MR) is 82.1 cm³/mol. The molecule has 1 atom stereocenters. The summed E-state index contributed by atoms with van der Waals surface area (Å²) in [6.45, 7) is 7.38. The van der Waals surface area contributed by atoms with E-state index >= 15 is 0 Å². The fourth-order valence-electron chi connectivity index (χ4n) is 1.97. The van der Waals surface area contributed by atoms with Crippen LogP contribution < -0.4 is 0 Å². The van der Waals surface area contributed by atoms with E-state index in [1.165, 1.54) is 0 Å². The Hall–Kier alpha value is 0.0500. The van der Waals surface area contributed by atoms with Crippen molar-refractivity contribution in [1.82, 2.24) is 4.90 Å². The monoisotopic (exact) mass is 307 g/mol. The Morgan fingerprint density at radius 1 is 1.06 bits per heavy atom. The minimum absolute atomic E-state index is 0.0436. The Morgan fingerprint density at radius 2 is 1.67 bits per heavy atom. The molecule has 1 rings (SSSR count). The number of rotatable bonds is 7. The van der Waals surface area contributed by atoms with Gasteiger partial charge in [0, 0.05) is 6.54 Å². The minimum atomic E-state index is -0.0436. The topological polar surface area (TPSA) is 3.24 Å². The van der Waals surface area contributed by atoms with E-state index in [0.29, 0.717) is 10.0 Å². The van der Waals surface area contributed by atoms with E-state index < -0.39 is 0 Å². The Morgan fingerprint density at radius 3 is 2.17 bits per heavy atom. The van der Waals surface area contributed by atoms with Crippen molar-refractivity contribution in [2.45, 2.75) is 32.1 Å². The second-order valence-corrected chi connectivity index (χ2v) is 5.78. The highest BCUT2D eigenvalue weighted by molar-refractivity contribution is 6.42. The van der Waals surface area contributed by atoms with E-state index in [9.17, 15) is 0 Å². The quantitative estimate of drug-likeness (QED) is 0.610. The van der Waals surface area contributed by atoms with Gasteiger partial charge in [-0.25, -0.2) is 0 Å². The molecule has 1 aromatic rings. The molecule has 0 aliphatic carbocycles. The first-order valence-corrected chi connectivity index (χ1v) is 7.59. The molecule has 0 N–H and O–H groups in total. The van der Waals surface area contributed by atoms with Crippen LogP contribution in [0.5, 0.6) is 0 Å². The lowest BCUT2D eigenvalue weighted by atomic mass is 10.1. The van der Waals surface area contributed by atoms with Crippen LogP contribution in [-0.4, -0.2) is 24.5 Å². The van der Waals surface area contributed by atoms with Gasteiger partial charge in [0.15, 0.2) is 0 Å². The summed E-state index contributed by atoms with van der Waals surface area (Å²) in [4.78, 5) is 2.39. The zero-order valence-corrected chi connectivity index (χ0v) is 13.2. The van der Waals surface area contributed by atoms with Gasteiger partial charge < -0.3 is 4.90 Å². The summed E-state index contributed by atoms with van der Waals surface area (Å²) in [7, 11) is 0. The molecule has 4 heteroatoms. The second-order valence-electron chi connectivity index (χ2n) is 4.44. The van der Waals surface area contributed by atoms with Crippen LogP contribution >= 0.6 is 34.8 Å². The minimum Gasteiger partial charge on any atom is -0.302 e. The molecule has 102 valence electrons. The van der Waals surface area contributed by atoms with Crippen molar-refractivity contribution in [3.63, 3.8) is 0 Å². The maximum absolute atomic E-state index is 6.45. The molecule has 0 fully saturated rings. The standard InChI is InChI=1S/C14H20Cl3N/c1-3-7-18(8-4-2)10-14(17)11-5-6-12(15)13(16)9-11/h5-6,9,14H,3-4,7-8,10H2,1-2H3. The molecule has 1 unspecified atom stereocenters. The van der Waals surface area contributed by atoms with Crippen LogP contribution in [0.1, 0.15) is 37.6 Å². The maximum atomic E-state index is 6.45. The largest absolute Gasteiger partial charge is 0.302 e. The highest BCUT2D eigenvalue weighted by Crippen LogP contribution is 2.29. The molecule has 0 saturated carbocycles. The van der Waals surface area contributed by atoms with E-state index in [4.69, 9.17) is 34.8 Å². The van der Waals surface area contributed by atoms with Crippen molar-refractivity contribution in [2.24, 2.45) is 0 Å². The van der Waals surface area contributed by atoms with Crippen LogP contribution in [0.2, 0.25) is 10.0 Å². The van der Waals surface area contributed by atoms with Crippen molar-refractivity contribution in [1.29, 1.82) is 0 Å². The summed E-state index contributed by atoms with van der Waals surface area (Å²) >= 11 is 18.4. The fraction of sp³-hybridized carbons (Fsp3) is 0.571. The van der Waals surface area contributed by atoms with Gasteiger partial charge in [-0.2, -0.15) is 0 Å². The first kappa shape index (κ1) is 16.1. The van der Waals surface area contributed by atoms with Crippen LogP contribution in [0, 0.1) is 0 Å². The Kier molecular flexibility index (Phi) is 7.40. The van der Waals surface area contributed by atoms with Gasteiger partial charge in [0.25, 0.3) is 0 Å². The molecular formula is C14H20Cl3N. The summed E-state index contributed by atoms with van der Waals surface area (Å²) in [6, 6.07) is 5.61. The predicted octanol–water partition coefficient (Wildman–Crippen LogP) is 5.40. The molecule has 0 aliphatic heterocycles. The van der Waals surface area contributed by atoms with Crippen molar-refractivity contribution < 1.29 is 0 Å². The van der Waals surface area contributed by atoms with Crippen LogP contribution in [0.4, 0.5) is 0 Å². The number of hydrogen-bond acceptors (Lipinski definition) is 1. The van der Waals surface area contributed by atoms with Crippen LogP contribution in [-0.2, 0) is 0 Å². The molecule has 0 amide bonds. The molecule has 1 aromatic carbocycles. The Labute approximate surface area is 125 Å². The summed E-state index contributed by atoms with van der Waals surface area (Å²) < 4.78 is 0. The molecule has 18 heavy (non-hydrogen) atoms. The highest BCUT2D eigenvalue weighted by Gasteiger charge is 2.13. The first-order chi connectivity index (χ1) is 8.58. The van der Waals surface area contributed by atoms with Crippen molar-refractivity contribution >= 4 is 34.8 Å². The Balaban J connectivity index is 2.67. The van der Waals surface area contributed by atoms with E-state index in [-0.39, 0.29) is 5.38 Å². The molecule has 0 aromatic heterocycles. The zero-order chi connectivity index (χ0) is 13.5.